The fourth-order valence-electron chi connectivity index (χ4n) is 8.88. The van der Waals surface area contributed by atoms with E-state index in [9.17, 15) is 0 Å². The molecule has 3 heteroatoms. The fraction of sp³-hybridized carbons (Fsp3) is 0.413. The molecule has 0 bridgehead atoms. The second kappa shape index (κ2) is 13.5. The van der Waals surface area contributed by atoms with E-state index in [4.69, 9.17) is 0 Å². The number of halogens is 2. The average molecular weight is 769 g/mol. The number of rotatable bonds is 4. The summed E-state index contributed by atoms with van der Waals surface area (Å²) in [6.45, 7) is 26.6. The number of benzene rings is 3. The van der Waals surface area contributed by atoms with Crippen LogP contribution in [0.2, 0.25) is 0 Å². The van der Waals surface area contributed by atoms with Gasteiger partial charge in [-0.3, -0.25) is 0 Å². The van der Waals surface area contributed by atoms with E-state index in [-0.39, 0.29) is 41.1 Å². The Bertz CT molecular complexity index is 1880. The van der Waals surface area contributed by atoms with Crippen molar-refractivity contribution in [3.8, 4) is 11.1 Å². The van der Waals surface area contributed by atoms with Gasteiger partial charge in [0.25, 0.3) is 0 Å². The van der Waals surface area contributed by atoms with Crippen molar-refractivity contribution in [3.63, 3.8) is 0 Å². The van der Waals surface area contributed by atoms with Gasteiger partial charge in [-0.2, -0.15) is 0 Å². The summed E-state index contributed by atoms with van der Waals surface area (Å²) in [6, 6.07) is 22.2. The van der Waals surface area contributed by atoms with Gasteiger partial charge in [-0.25, -0.2) is 0 Å². The molecule has 49 heavy (non-hydrogen) atoms. The fourth-order valence-corrected chi connectivity index (χ4v) is 18.4. The molecule has 0 nitrogen and oxygen atoms in total. The first kappa shape index (κ1) is 38.2. The normalized spacial score (nSPS) is 20.2. The maximum Gasteiger partial charge on any atom is -1.00 e. The van der Waals surface area contributed by atoms with E-state index in [0.29, 0.717) is 9.54 Å². The van der Waals surface area contributed by atoms with Crippen LogP contribution in [0.3, 0.4) is 0 Å². The largest absolute Gasteiger partial charge is 1.00 e. The summed E-state index contributed by atoms with van der Waals surface area (Å²) in [6.07, 6.45) is 13.6. The molecule has 0 saturated heterocycles. The van der Waals surface area contributed by atoms with E-state index in [1.54, 1.807) is 28.7 Å². The van der Waals surface area contributed by atoms with Crippen LogP contribution >= 0.6 is 0 Å². The maximum absolute atomic E-state index is 2.72. The van der Waals surface area contributed by atoms with Gasteiger partial charge >= 0.3 is 295 Å². The van der Waals surface area contributed by atoms with E-state index in [2.05, 4.69) is 155 Å². The molecule has 256 valence electrons. The summed E-state index contributed by atoms with van der Waals surface area (Å²) in [5, 5.41) is 0. The van der Waals surface area contributed by atoms with Crippen molar-refractivity contribution >= 4 is 14.4 Å². The molecule has 0 amide bonds. The summed E-state index contributed by atoms with van der Waals surface area (Å²) in [5.41, 5.74) is 18.6. The van der Waals surface area contributed by atoms with Gasteiger partial charge in [-0.15, -0.1) is 0 Å². The number of fused-ring (bicyclic) bond motifs is 5. The zero-order valence-electron chi connectivity index (χ0n) is 31.5. The van der Waals surface area contributed by atoms with Crippen LogP contribution in [-0.4, -0.2) is 3.21 Å². The van der Waals surface area contributed by atoms with Crippen molar-refractivity contribution in [2.45, 2.75) is 110 Å². The Balaban J connectivity index is 0.00000234. The Morgan fingerprint density at radius 2 is 1.24 bits per heavy atom. The molecule has 3 aromatic rings. The summed E-state index contributed by atoms with van der Waals surface area (Å²) in [5.74, 6) is 0.481. The molecule has 7 rings (SSSR count). The Kier molecular flexibility index (Phi) is 10.5. The molecule has 0 saturated carbocycles. The minimum Gasteiger partial charge on any atom is -1.00 e. The Hall–Kier alpha value is -2.05. The van der Waals surface area contributed by atoms with Gasteiger partial charge in [-0.1, -0.05) is 0 Å². The van der Waals surface area contributed by atoms with Gasteiger partial charge in [0.2, 0.25) is 0 Å². The van der Waals surface area contributed by atoms with Gasteiger partial charge in [0.15, 0.2) is 0 Å². The van der Waals surface area contributed by atoms with E-state index >= 15 is 0 Å². The average Bonchev–Trinajstić information content (AvgIpc) is 3.56. The molecule has 4 aliphatic carbocycles. The van der Waals surface area contributed by atoms with Crippen LogP contribution in [0.4, 0.5) is 0 Å². The predicted octanol–water partition coefficient (Wildman–Crippen LogP) is 6.69. The van der Waals surface area contributed by atoms with Crippen molar-refractivity contribution < 1.29 is 46.1 Å². The molecule has 4 aliphatic rings. The summed E-state index contributed by atoms with van der Waals surface area (Å²) < 4.78 is 4.00. The van der Waals surface area contributed by atoms with Crippen molar-refractivity contribution in [3.05, 3.63) is 127 Å². The van der Waals surface area contributed by atoms with Crippen molar-refractivity contribution in [2.75, 3.05) is 0 Å². The molecular weight excluding hydrogens is 715 g/mol. The Morgan fingerprint density at radius 3 is 1.67 bits per heavy atom. The van der Waals surface area contributed by atoms with E-state index in [0.717, 1.165) is 19.3 Å². The molecular formula is C46H54Cl2Zr. The Morgan fingerprint density at radius 1 is 0.755 bits per heavy atom. The first-order valence-electron chi connectivity index (χ1n) is 18.1. The maximum atomic E-state index is 2.72. The van der Waals surface area contributed by atoms with Crippen molar-refractivity contribution in [1.29, 1.82) is 0 Å². The first-order valence-corrected chi connectivity index (χ1v) is 21.9. The second-order valence-electron chi connectivity index (χ2n) is 17.2. The van der Waals surface area contributed by atoms with Gasteiger partial charge in [0.1, 0.15) is 0 Å². The van der Waals surface area contributed by atoms with Crippen LogP contribution < -0.4 is 24.8 Å². The summed E-state index contributed by atoms with van der Waals surface area (Å²) >= 11 is -2.69. The standard InChI is InChI=1S/C27H29.C10H15.C9H10.2ClH.Zr/c1-16-7-9-26(3,4)24-12-18-11-19-13-25-21(17(2)8-10-27(25,5)6)15-23(19)22(18)14-20(16)24;1-8-5-6-9(7-8)10(2,3)4;1-2-6-9-7-4-3-5-8-9;;;/h7-8,11-15H,9-10H2,1-6H3;6-8H,1-4H3;3-5,7-8H,2H2,1H3;2*1H;/q;;;;;+2/p-2. The predicted molar refractivity (Wildman–Crippen MR) is 202 cm³/mol. The molecule has 0 heterocycles. The first-order chi connectivity index (χ1) is 22.1. The van der Waals surface area contributed by atoms with Crippen LogP contribution in [0.15, 0.2) is 87.8 Å². The zero-order chi connectivity index (χ0) is 33.6. The third kappa shape index (κ3) is 6.38. The minimum atomic E-state index is -2.69. The number of allylic oxidation sites excluding steroid dienone is 8. The Labute approximate surface area is 317 Å². The molecule has 0 radical (unpaired) electrons. The van der Waals surface area contributed by atoms with E-state index < -0.39 is 21.3 Å². The number of hydrogen-bond donors (Lipinski definition) is 0. The minimum absolute atomic E-state index is 0. The molecule has 3 aromatic carbocycles. The van der Waals surface area contributed by atoms with Gasteiger partial charge in [-0.05, 0) is 0 Å². The second-order valence-corrected chi connectivity index (χ2v) is 23.6. The quantitative estimate of drug-likeness (QED) is 0.278. The van der Waals surface area contributed by atoms with Crippen molar-refractivity contribution in [2.24, 2.45) is 11.3 Å². The third-order valence-electron chi connectivity index (χ3n) is 11.9. The summed E-state index contributed by atoms with van der Waals surface area (Å²) in [4.78, 5) is 0. The molecule has 1 unspecified atom stereocenters. The van der Waals surface area contributed by atoms with Gasteiger partial charge in [0.05, 0.1) is 0 Å². The number of hydrogen-bond acceptors (Lipinski definition) is 0. The third-order valence-corrected chi connectivity index (χ3v) is 21.1. The van der Waals surface area contributed by atoms with E-state index in [1.807, 2.05) is 0 Å². The van der Waals surface area contributed by atoms with Crippen LogP contribution in [0, 0.1) is 11.3 Å². The van der Waals surface area contributed by atoms with Crippen molar-refractivity contribution in [1.82, 2.24) is 0 Å². The van der Waals surface area contributed by atoms with Crippen LogP contribution in [0.1, 0.15) is 138 Å². The SMILES string of the molecule is CC/[C](c1ccccc1)=[Zr+2](/[C]1=CC(C(C)(C)C)=CC1C)[CH]1c2cc3c(cc2-c2cc4c(cc21)C(C)(C)CC=C4C)C(C)=CCC3(C)C.[Cl-].[Cl-]. The zero-order valence-corrected chi connectivity index (χ0v) is 35.5. The molecule has 0 aromatic heterocycles. The molecule has 0 aliphatic heterocycles. The molecule has 0 spiro atoms. The van der Waals surface area contributed by atoms with Gasteiger partial charge in [0, 0.05) is 0 Å². The smallest absolute Gasteiger partial charge is 1.00 e. The monoisotopic (exact) mass is 766 g/mol. The topological polar surface area (TPSA) is 0 Å². The van der Waals surface area contributed by atoms with Crippen LogP contribution in [0.25, 0.3) is 22.3 Å². The molecule has 0 fully saturated rings. The molecule has 1 atom stereocenters. The van der Waals surface area contributed by atoms with E-state index in [1.165, 1.54) is 44.5 Å². The summed E-state index contributed by atoms with van der Waals surface area (Å²) in [7, 11) is 0. The van der Waals surface area contributed by atoms with Crippen LogP contribution in [0.5, 0.6) is 0 Å². The molecule has 0 N–H and O–H groups in total. The van der Waals surface area contributed by atoms with Gasteiger partial charge < -0.3 is 24.8 Å². The van der Waals surface area contributed by atoms with Crippen LogP contribution in [-0.2, 0) is 32.1 Å².